The Bertz CT molecular complexity index is 3530. The summed E-state index contributed by atoms with van der Waals surface area (Å²) in [5.74, 6) is 2.84. The molecule has 0 aliphatic carbocycles. The molecule has 1 atom stereocenters. The first-order valence-electron chi connectivity index (χ1n) is 26.0. The number of nitrogen functional groups attached to an aromatic ring is 6. The van der Waals surface area contributed by atoms with E-state index >= 15 is 0 Å². The molecule has 10 rings (SSSR count). The maximum atomic E-state index is 9.66. The van der Waals surface area contributed by atoms with E-state index in [0.717, 1.165) is 32.7 Å². The maximum Gasteiger partial charge on any atom is 0.194 e. The predicted octanol–water partition coefficient (Wildman–Crippen LogP) is 10.3. The predicted molar refractivity (Wildman–Crippen MR) is 338 cm³/mol. The highest BCUT2D eigenvalue weighted by Gasteiger charge is 2.09. The number of anilines is 6. The topological polar surface area (TPSA) is 406 Å². The van der Waals surface area contributed by atoms with Crippen LogP contribution in [0.25, 0.3) is 21.5 Å². The Balaban J connectivity index is 0.000000257. The summed E-state index contributed by atoms with van der Waals surface area (Å²) >= 11 is 0. The molecule has 23 N–H and O–H groups in total. The van der Waals surface area contributed by atoms with Gasteiger partial charge in [0.15, 0.2) is 6.29 Å². The summed E-state index contributed by atoms with van der Waals surface area (Å²) in [5, 5.41) is 102. The highest BCUT2D eigenvalue weighted by molar-refractivity contribution is 5.89. The van der Waals surface area contributed by atoms with Crippen LogP contribution in [0.4, 0.5) is 34.1 Å². The first-order chi connectivity index (χ1) is 40.4. The van der Waals surface area contributed by atoms with Crippen LogP contribution in [-0.2, 0) is 0 Å². The van der Waals surface area contributed by atoms with Crippen molar-refractivity contribution in [1.82, 2.24) is 0 Å². The van der Waals surface area contributed by atoms with Gasteiger partial charge in [-0.3, -0.25) is 0 Å². The molecule has 0 aromatic heterocycles. The molecule has 0 aliphatic heterocycles. The molecule has 0 amide bonds. The number of fused-ring (bicyclic) bond motifs is 2. The summed E-state index contributed by atoms with van der Waals surface area (Å²) in [6, 6.07) is 55.3. The summed E-state index contributed by atoms with van der Waals surface area (Å²) in [6.45, 7) is 6.99. The molecule has 10 aromatic carbocycles. The third kappa shape index (κ3) is 24.4. The van der Waals surface area contributed by atoms with Crippen molar-refractivity contribution in [3.8, 4) is 63.2 Å². The number of rotatable bonds is 8. The van der Waals surface area contributed by atoms with Crippen molar-refractivity contribution in [1.29, 1.82) is 0 Å². The van der Waals surface area contributed by atoms with Crippen molar-refractivity contribution in [3.63, 3.8) is 0 Å². The molecule has 0 aliphatic rings. The van der Waals surface area contributed by atoms with Gasteiger partial charge >= 0.3 is 0 Å². The second-order valence-electron chi connectivity index (χ2n) is 18.1. The number of hydrogen-bond donors (Lipinski definition) is 17. The molecule has 0 fully saturated rings. The summed E-state index contributed by atoms with van der Waals surface area (Å²) in [7, 11) is 0. The molecule has 0 saturated heterocycles. The van der Waals surface area contributed by atoms with Gasteiger partial charge in [-0.15, -0.1) is 0 Å². The van der Waals surface area contributed by atoms with E-state index < -0.39 is 6.29 Å². The van der Waals surface area contributed by atoms with E-state index in [2.05, 4.69) is 0 Å². The Labute approximate surface area is 493 Å². The first kappa shape index (κ1) is 68.5. The molecule has 450 valence electrons. The second kappa shape index (κ2) is 35.8. The Morgan fingerprint density at radius 1 is 0.376 bits per heavy atom. The third-order valence-corrected chi connectivity index (χ3v) is 11.3. The van der Waals surface area contributed by atoms with Crippen molar-refractivity contribution >= 4 is 55.7 Å². The highest BCUT2D eigenvalue weighted by atomic mass is 16.6. The lowest BCUT2D eigenvalue weighted by Crippen LogP contribution is -2.10. The summed E-state index contributed by atoms with van der Waals surface area (Å²) in [5.41, 5.74) is 38.1. The zero-order chi connectivity index (χ0) is 63.0. The number of aromatic hydroxyl groups is 8. The second-order valence-corrected chi connectivity index (χ2v) is 18.1. The minimum Gasteiger partial charge on any atom is -0.508 e. The van der Waals surface area contributed by atoms with Gasteiger partial charge in [-0.1, -0.05) is 103 Å². The van der Waals surface area contributed by atoms with E-state index in [1.165, 1.54) is 55.5 Å². The fraction of sp³-hybridized carbons (Fsp3) is 0.138. The number of nitrogens with two attached hydrogens (primary N) is 6. The van der Waals surface area contributed by atoms with Gasteiger partial charge in [-0.25, -0.2) is 0 Å². The summed E-state index contributed by atoms with van der Waals surface area (Å²) < 4.78 is 15.4. The number of para-hydroxylation sites is 2. The molecular weight excluding hydrogens is 1090 g/mol. The monoisotopic (exact) mass is 1160 g/mol. The molecule has 0 bridgehead atoms. The molecule has 10 aromatic rings. The van der Waals surface area contributed by atoms with Crippen LogP contribution in [0.3, 0.4) is 0 Å². The van der Waals surface area contributed by atoms with Gasteiger partial charge in [0.1, 0.15) is 76.5 Å². The van der Waals surface area contributed by atoms with Crippen molar-refractivity contribution in [2.24, 2.45) is 0 Å². The fourth-order valence-corrected chi connectivity index (χ4v) is 6.81. The fourth-order valence-electron chi connectivity index (χ4n) is 6.81. The Hall–Kier alpha value is -10.8. The Morgan fingerprint density at radius 3 is 1.29 bits per heavy atom. The normalized spacial score (nSPS) is 10.2. The van der Waals surface area contributed by atoms with Crippen LogP contribution in [0.2, 0.25) is 0 Å². The molecule has 1 unspecified atom stereocenters. The SMILES string of the molecule is CC(O)Oc1ccc(N)cc1N.Cc1c(O)cccc1O.Cc1ccc(N)cc1O.Cc1ccc2ccccc2c1O.Nc1cc(N)c(OCCO)cc1OCCO.Nc1ccccc1O.Oc1cccc(O)c1.Oc1cccc2ccccc12. The largest absolute Gasteiger partial charge is 0.508 e. The number of phenolic OH excluding ortho intramolecular Hbond substituents is 8. The smallest absolute Gasteiger partial charge is 0.194 e. The van der Waals surface area contributed by atoms with Gasteiger partial charge in [-0.05, 0) is 122 Å². The van der Waals surface area contributed by atoms with Crippen molar-refractivity contribution in [3.05, 3.63) is 211 Å². The van der Waals surface area contributed by atoms with Gasteiger partial charge in [-0.2, -0.15) is 0 Å². The van der Waals surface area contributed by atoms with E-state index in [0.29, 0.717) is 68.4 Å². The third-order valence-electron chi connectivity index (χ3n) is 11.3. The number of aliphatic hydroxyl groups is 3. The molecule has 0 spiro atoms. The number of benzene rings is 10. The van der Waals surface area contributed by atoms with E-state index in [1.807, 2.05) is 86.6 Å². The quantitative estimate of drug-likeness (QED) is 0.0382. The van der Waals surface area contributed by atoms with Gasteiger partial charge in [0.2, 0.25) is 0 Å². The van der Waals surface area contributed by atoms with Crippen LogP contribution in [0, 0.1) is 20.8 Å². The number of phenols is 8. The van der Waals surface area contributed by atoms with E-state index in [-0.39, 0.29) is 60.9 Å². The Morgan fingerprint density at radius 2 is 0.824 bits per heavy atom. The zero-order valence-electron chi connectivity index (χ0n) is 47.5. The van der Waals surface area contributed by atoms with Gasteiger partial charge in [0.25, 0.3) is 0 Å². The number of aryl methyl sites for hydroxylation is 2. The minimum atomic E-state index is -0.865. The Kier molecular flexibility index (Phi) is 28.9. The van der Waals surface area contributed by atoms with Crippen LogP contribution in [0.15, 0.2) is 194 Å². The van der Waals surface area contributed by atoms with Crippen LogP contribution in [-0.4, -0.2) is 88.9 Å². The van der Waals surface area contributed by atoms with Crippen LogP contribution >= 0.6 is 0 Å². The lowest BCUT2D eigenvalue weighted by atomic mass is 10.1. The molecule has 85 heavy (non-hydrogen) atoms. The number of hydrogen-bond acceptors (Lipinski definition) is 20. The molecule has 0 heterocycles. The van der Waals surface area contributed by atoms with Gasteiger partial charge < -0.3 is 105 Å². The van der Waals surface area contributed by atoms with Gasteiger partial charge in [0, 0.05) is 45.9 Å². The summed E-state index contributed by atoms with van der Waals surface area (Å²) in [6.07, 6.45) is -0.865. The van der Waals surface area contributed by atoms with Crippen molar-refractivity contribution in [2.75, 3.05) is 60.8 Å². The summed E-state index contributed by atoms with van der Waals surface area (Å²) in [4.78, 5) is 0. The van der Waals surface area contributed by atoms with Crippen LogP contribution < -0.4 is 48.6 Å². The number of aliphatic hydroxyl groups excluding tert-OH is 3. The maximum absolute atomic E-state index is 9.66. The molecule has 20 nitrogen and oxygen atoms in total. The van der Waals surface area contributed by atoms with E-state index in [9.17, 15) is 10.2 Å². The minimum absolute atomic E-state index is 0.0880. The molecular formula is C65H76N6O14. The van der Waals surface area contributed by atoms with Gasteiger partial charge in [0.05, 0.1) is 36.0 Å². The standard InChI is InChI=1S/C11H10O.C10H16N2O4.C10H8O.C8H12N2O2.C7H9NO.C7H8O2.C6H7NO.C6H6O2/c1-8-6-7-9-4-2-3-5-10(9)11(8)12;11-7-5-8(12)10(16-4-2-14)6-9(7)15-3-1-13;11-10-7-3-5-8-4-1-2-6-9(8)10;1-5(11)12-8-3-2-6(9)4-7(8)10;1-5-2-3-6(8)4-7(5)9;1-5-6(8)3-2-4-7(5)9;7-5-3-1-2-4-6(5)8;7-5-2-1-3-6(8)4-5/h2-7,12H,1H3;5-6,13-14H,1-4,11-12H2;1-7,11H;2-5,11H,9-10H2,1H3;2-4,9H,8H2,1H3;2-4,8-9H,1H3;1-4,8H,7H2;1-4,7-8H. The molecule has 0 radical (unpaired) electrons. The first-order valence-corrected chi connectivity index (χ1v) is 26.0. The van der Waals surface area contributed by atoms with Crippen molar-refractivity contribution < 1.29 is 70.4 Å². The zero-order valence-corrected chi connectivity index (χ0v) is 47.5. The average molecular weight is 1170 g/mol. The van der Waals surface area contributed by atoms with E-state index in [1.54, 1.807) is 79.7 Å². The molecule has 20 heteroatoms. The lowest BCUT2D eigenvalue weighted by Gasteiger charge is -2.12. The molecule has 0 saturated carbocycles. The van der Waals surface area contributed by atoms with Crippen LogP contribution in [0.1, 0.15) is 23.6 Å². The van der Waals surface area contributed by atoms with E-state index in [4.69, 9.17) is 94.6 Å². The highest BCUT2D eigenvalue weighted by Crippen LogP contribution is 2.33. The average Bonchev–Trinajstić information content (AvgIpc) is 3.57. The van der Waals surface area contributed by atoms with Crippen LogP contribution in [0.5, 0.6) is 63.2 Å². The number of ether oxygens (including phenoxy) is 3. The van der Waals surface area contributed by atoms with Crippen molar-refractivity contribution in [2.45, 2.75) is 34.0 Å². The lowest BCUT2D eigenvalue weighted by molar-refractivity contribution is 0.000269.